The van der Waals surface area contributed by atoms with Gasteiger partial charge in [0.15, 0.2) is 6.61 Å². The van der Waals surface area contributed by atoms with E-state index in [4.69, 9.17) is 23.7 Å². The lowest BCUT2D eigenvalue weighted by Crippen LogP contribution is -2.52. The number of rotatable bonds is 14. The van der Waals surface area contributed by atoms with Crippen LogP contribution in [0, 0.1) is 0 Å². The van der Waals surface area contributed by atoms with Crippen molar-refractivity contribution >= 4 is 28.9 Å². The molecule has 7 aromatic rings. The molecule has 16 heteroatoms. The number of phenolic OH excluding ortho intramolecular Hbond substituents is 1. The largest absolute Gasteiger partial charge is 0.514 e. The van der Waals surface area contributed by atoms with Gasteiger partial charge in [-0.1, -0.05) is 72.8 Å². The molecule has 7 aromatic carbocycles. The van der Waals surface area contributed by atoms with Crippen LogP contribution < -0.4 is 14.2 Å². The predicted octanol–water partition coefficient (Wildman–Crippen LogP) is 12.5. The van der Waals surface area contributed by atoms with E-state index in [1.807, 2.05) is 54.6 Å². The van der Waals surface area contributed by atoms with Crippen LogP contribution >= 0.6 is 0 Å². The van der Waals surface area contributed by atoms with Gasteiger partial charge in [0.2, 0.25) is 9.05 Å². The Bertz CT molecular complexity index is 3000. The van der Waals surface area contributed by atoms with Gasteiger partial charge in [0, 0.05) is 14.7 Å². The van der Waals surface area contributed by atoms with Crippen LogP contribution in [0.4, 0.5) is 18.0 Å². The summed E-state index contributed by atoms with van der Waals surface area (Å²) in [6.07, 6.45) is -0.810. The van der Waals surface area contributed by atoms with E-state index in [1.165, 1.54) is 48.5 Å². The molecule has 0 aliphatic carbocycles. The van der Waals surface area contributed by atoms with Crippen LogP contribution in [-0.2, 0) is 31.0 Å². The zero-order chi connectivity index (χ0) is 48.8. The maximum atomic E-state index is 15.9. The summed E-state index contributed by atoms with van der Waals surface area (Å²) < 4.78 is 111. The molecule has 0 heterocycles. The molecule has 11 nitrogen and oxygen atoms in total. The van der Waals surface area contributed by atoms with Gasteiger partial charge in [0.1, 0.15) is 41.8 Å². The lowest BCUT2D eigenvalue weighted by atomic mass is 9.93. The molecule has 0 atom stereocenters. The van der Waals surface area contributed by atoms with E-state index in [0.29, 0.717) is 11.5 Å². The highest BCUT2D eigenvalue weighted by atomic mass is 32.9. The van der Waals surface area contributed by atoms with E-state index in [0.717, 1.165) is 69.8 Å². The van der Waals surface area contributed by atoms with Gasteiger partial charge in [-0.25, -0.2) is 13.8 Å². The van der Waals surface area contributed by atoms with E-state index in [-0.39, 0.29) is 24.7 Å². The van der Waals surface area contributed by atoms with Crippen molar-refractivity contribution < 1.29 is 64.9 Å². The molecule has 3 N–H and O–H groups in total. The quantitative estimate of drug-likeness (QED) is 0.0541. The van der Waals surface area contributed by atoms with Gasteiger partial charge in [-0.2, -0.15) is 13.2 Å². The molecule has 0 aliphatic rings. The molecule has 0 unspecified atom stereocenters. The van der Waals surface area contributed by atoms with Crippen LogP contribution in [0.3, 0.4) is 0 Å². The molecule has 0 fully saturated rings. The third-order valence-corrected chi connectivity index (χ3v) is 20.8. The summed E-state index contributed by atoms with van der Waals surface area (Å²) in [5, 5.41) is 9.91. The molecule has 7 rings (SSSR count). The van der Waals surface area contributed by atoms with Gasteiger partial charge < -0.3 is 28.8 Å². The van der Waals surface area contributed by atoms with Crippen LogP contribution in [0.15, 0.2) is 191 Å². The number of carbonyl (C=O) groups is 2. The van der Waals surface area contributed by atoms with Gasteiger partial charge in [-0.3, -0.25) is 9.11 Å². The molecular weight excluding hydrogens is 922 g/mol. The number of phenols is 1. The number of aromatic hydroxyl groups is 1. The topological polar surface area (TPSA) is 158 Å². The van der Waals surface area contributed by atoms with E-state index in [1.54, 1.807) is 57.2 Å². The van der Waals surface area contributed by atoms with Gasteiger partial charge in [-0.15, -0.1) is 0 Å². The van der Waals surface area contributed by atoms with Crippen LogP contribution in [0.1, 0.15) is 20.8 Å². The first-order valence-electron chi connectivity index (χ1n) is 21.0. The van der Waals surface area contributed by atoms with Crippen molar-refractivity contribution in [2.75, 3.05) is 19.8 Å². The molecule has 354 valence electrons. The molecule has 0 amide bonds. The maximum absolute atomic E-state index is 15.9. The number of benzene rings is 7. The highest BCUT2D eigenvalue weighted by Gasteiger charge is 2.66. The second-order valence-electron chi connectivity index (χ2n) is 16.3. The van der Waals surface area contributed by atoms with Gasteiger partial charge in [0.05, 0.1) is 0 Å². The first-order valence-corrected chi connectivity index (χ1v) is 25.0. The number of hydrogen-bond acceptors (Lipinski definition) is 9. The number of ether oxygens (including phenoxy) is 5. The van der Waals surface area contributed by atoms with Crippen molar-refractivity contribution in [2.24, 2.45) is 0 Å². The highest BCUT2D eigenvalue weighted by molar-refractivity contribution is 8.62. The molecule has 0 saturated carbocycles. The Kier molecular flexibility index (Phi) is 14.1. The average Bonchev–Trinajstić information content (AvgIpc) is 3.30. The van der Waals surface area contributed by atoms with Crippen LogP contribution in [0.5, 0.6) is 23.0 Å². The molecular formula is C52H47F3O11S2. The standard InChI is InChI=1S/C52H47F3O11S2/c1-51(2,3)66-50(58)65-45-24-18-38(19-25-45)41-33-39(36-14-20-42(56)21-15-36)32-40(34-41)37-16-22-44(23-17-37)64-35-49(57)63-31-30-62-43-26-28-48(29-27-43)68(52(53,54)55,67(59,60)61,46-10-6-4-7-11-46)47-12-8-5-9-13-47/h4-29,32-34,56H,30-31,35H2,1-3H3,(H2,59,60,61). The number of alkyl halides is 3. The maximum Gasteiger partial charge on any atom is 0.514 e. The minimum Gasteiger partial charge on any atom is -0.508 e. The van der Waals surface area contributed by atoms with Crippen LogP contribution in [-0.4, -0.2) is 61.5 Å². The van der Waals surface area contributed by atoms with Crippen LogP contribution in [0.2, 0.25) is 0 Å². The van der Waals surface area contributed by atoms with Crippen molar-refractivity contribution in [3.8, 4) is 56.4 Å². The SMILES string of the molecule is CC(C)(C)OC(=O)Oc1ccc(-c2cc(-c3ccc(O)cc3)cc(-c3ccc(OCC(=O)OCCOc4ccc(S(c5ccccc5)(c5ccccc5)(C(F)(F)F)=S(=O)(O)O)cc4)cc3)c2)cc1. The van der Waals surface area contributed by atoms with Crippen molar-refractivity contribution in [3.05, 3.63) is 176 Å². The second kappa shape index (κ2) is 19.6. The summed E-state index contributed by atoms with van der Waals surface area (Å²) in [6.45, 7) is 4.38. The molecule has 68 heavy (non-hydrogen) atoms. The monoisotopic (exact) mass is 968 g/mol. The Balaban J connectivity index is 1.00. The summed E-state index contributed by atoms with van der Waals surface area (Å²) in [6, 6.07) is 43.8. The van der Waals surface area contributed by atoms with Crippen molar-refractivity contribution in [1.82, 2.24) is 0 Å². The van der Waals surface area contributed by atoms with E-state index >= 15 is 13.2 Å². The smallest absolute Gasteiger partial charge is 0.508 e. The zero-order valence-corrected chi connectivity index (χ0v) is 38.6. The Hall–Kier alpha value is -7.11. The number of hydrogen-bond donors (Lipinski definition) is 3. The number of carbonyl (C=O) groups excluding carboxylic acids is 2. The minimum atomic E-state index is -6.23. The molecule has 0 spiro atoms. The second-order valence-corrected chi connectivity index (χ2v) is 24.2. The highest BCUT2D eigenvalue weighted by Crippen LogP contribution is 2.64. The number of esters is 1. The van der Waals surface area contributed by atoms with E-state index in [9.17, 15) is 28.0 Å². The first-order chi connectivity index (χ1) is 32.3. The van der Waals surface area contributed by atoms with Gasteiger partial charge in [0.25, 0.3) is 0 Å². The first kappa shape index (κ1) is 48.8. The summed E-state index contributed by atoms with van der Waals surface area (Å²) in [5.74, 6) is 0.194. The Morgan fingerprint density at radius 3 is 1.40 bits per heavy atom. The fourth-order valence-corrected chi connectivity index (χ4v) is 16.2. The molecule has 0 aromatic heterocycles. The summed E-state index contributed by atoms with van der Waals surface area (Å²) in [7, 11) is -11.9. The Labute approximate surface area is 390 Å². The van der Waals surface area contributed by atoms with Crippen molar-refractivity contribution in [2.45, 2.75) is 46.6 Å². The van der Waals surface area contributed by atoms with E-state index < -0.39 is 61.3 Å². The molecule has 0 radical (unpaired) electrons. The van der Waals surface area contributed by atoms with Crippen molar-refractivity contribution in [3.63, 3.8) is 0 Å². The predicted molar refractivity (Wildman–Crippen MR) is 254 cm³/mol. The van der Waals surface area contributed by atoms with Gasteiger partial charge >= 0.3 is 17.6 Å². The molecule has 0 bridgehead atoms. The Morgan fingerprint density at radius 2 is 0.956 bits per heavy atom. The summed E-state index contributed by atoms with van der Waals surface area (Å²) in [4.78, 5) is 23.1. The zero-order valence-electron chi connectivity index (χ0n) is 36.9. The average molecular weight is 969 g/mol. The van der Waals surface area contributed by atoms with Crippen molar-refractivity contribution in [1.29, 1.82) is 0 Å². The number of halogens is 3. The molecule has 0 aliphatic heterocycles. The normalized spacial score (nSPS) is 12.6. The third-order valence-electron chi connectivity index (χ3n) is 10.6. The lowest BCUT2D eigenvalue weighted by molar-refractivity contribution is -0.146. The summed E-state index contributed by atoms with van der Waals surface area (Å²) in [5.41, 5.74) is -1.02. The minimum absolute atomic E-state index is 0.0723. The lowest BCUT2D eigenvalue weighted by Gasteiger charge is -2.50. The van der Waals surface area contributed by atoms with Crippen LogP contribution in [0.25, 0.3) is 33.4 Å². The van der Waals surface area contributed by atoms with E-state index in [2.05, 4.69) is 0 Å². The fraction of sp³-hybridized carbons (Fsp3) is 0.154. The Morgan fingerprint density at radius 1 is 0.544 bits per heavy atom. The fourth-order valence-electron chi connectivity index (χ4n) is 7.57. The summed E-state index contributed by atoms with van der Waals surface area (Å²) >= 11 is 0. The molecule has 0 saturated heterocycles. The third kappa shape index (κ3) is 9.80. The van der Waals surface area contributed by atoms with Gasteiger partial charge in [-0.05, 0) is 165 Å².